The number of fused-ring (bicyclic) bond motifs is 1. The fourth-order valence-corrected chi connectivity index (χ4v) is 6.28. The maximum absolute atomic E-state index is 12.5. The first-order valence-electron chi connectivity index (χ1n) is 11.2. The molecule has 2 aromatic rings. The van der Waals surface area contributed by atoms with Gasteiger partial charge >= 0.3 is 0 Å². The van der Waals surface area contributed by atoms with E-state index in [4.69, 9.17) is 15.4 Å². The minimum Gasteiger partial charge on any atom is -0.394 e. The van der Waals surface area contributed by atoms with Crippen LogP contribution in [-0.4, -0.2) is 87.4 Å². The molecule has 184 valence electrons. The number of amides is 1. The molecule has 13 heteroatoms. The highest BCUT2D eigenvalue weighted by molar-refractivity contribution is 7.49. The Morgan fingerprint density at radius 2 is 2.12 bits per heavy atom. The van der Waals surface area contributed by atoms with Crippen LogP contribution in [0, 0.1) is 0 Å². The molecule has 3 heterocycles. The lowest BCUT2D eigenvalue weighted by atomic mass is 10.1. The second kappa shape index (κ2) is 10.5. The highest BCUT2D eigenvalue weighted by Crippen LogP contribution is 2.47. The summed E-state index contributed by atoms with van der Waals surface area (Å²) in [6, 6.07) is 0.531. The smallest absolute Gasteiger partial charge is 0.280 e. The van der Waals surface area contributed by atoms with E-state index in [9.17, 15) is 9.59 Å². The van der Waals surface area contributed by atoms with Crippen LogP contribution in [0.5, 0.6) is 0 Å². The van der Waals surface area contributed by atoms with Gasteiger partial charge in [-0.05, 0) is 34.4 Å². The zero-order valence-corrected chi connectivity index (χ0v) is 20.8. The Hall–Kier alpha value is -1.95. The van der Waals surface area contributed by atoms with E-state index in [1.807, 2.05) is 6.66 Å². The standard InChI is InChI=1S/C20H33N6O6P/c1-10(2)26(11(3)4)33(7)32-15-13(8-27)31-19(16(15)30-6)25-9-21-14-17(25)23-20(22-12(5)28)24-18(14)29/h9-11,13,15-16,19,27H,8H2,1-7H3,(H2,22,23,24,28,29)/t13-,15?,16+,19-,33?/m1/s1/i27D. The van der Waals surface area contributed by atoms with Crippen molar-refractivity contribution < 1.29 is 23.9 Å². The highest BCUT2D eigenvalue weighted by Gasteiger charge is 2.48. The number of anilines is 1. The second-order valence-electron chi connectivity index (χ2n) is 8.45. The molecule has 0 aromatic carbocycles. The van der Waals surface area contributed by atoms with E-state index in [1.54, 1.807) is 11.7 Å². The molecular formula is C20H33N6O6P. The quantitative estimate of drug-likeness (QED) is 0.426. The Kier molecular flexibility index (Phi) is 7.72. The van der Waals surface area contributed by atoms with Crippen molar-refractivity contribution in [1.82, 2.24) is 24.2 Å². The van der Waals surface area contributed by atoms with Gasteiger partial charge in [0.25, 0.3) is 5.56 Å². The fraction of sp³-hybridized carbons (Fsp3) is 0.700. The monoisotopic (exact) mass is 485 g/mol. The summed E-state index contributed by atoms with van der Waals surface area (Å²) in [5, 5.41) is 7.14. The first-order valence-corrected chi connectivity index (χ1v) is 12.4. The van der Waals surface area contributed by atoms with Gasteiger partial charge in [0.15, 0.2) is 17.4 Å². The molecule has 1 aliphatic rings. The normalized spacial score (nSPS) is 24.7. The predicted octanol–water partition coefficient (Wildman–Crippen LogP) is 1.43. The van der Waals surface area contributed by atoms with Crippen LogP contribution >= 0.6 is 8.30 Å². The number of nitrogens with one attached hydrogen (secondary N) is 2. The van der Waals surface area contributed by atoms with Gasteiger partial charge < -0.3 is 19.1 Å². The van der Waals surface area contributed by atoms with Crippen LogP contribution in [0.25, 0.3) is 11.2 Å². The lowest BCUT2D eigenvalue weighted by molar-refractivity contribution is -0.114. The molecule has 1 saturated heterocycles. The number of methoxy groups -OCH3 is 1. The first-order chi connectivity index (χ1) is 16.1. The molecule has 3 rings (SSSR count). The second-order valence-corrected chi connectivity index (χ2v) is 10.1. The molecule has 0 saturated carbocycles. The molecule has 2 aromatic heterocycles. The number of carbonyl (C=O) groups is 1. The van der Waals surface area contributed by atoms with E-state index in [2.05, 4.69) is 57.7 Å². The van der Waals surface area contributed by atoms with Crippen molar-refractivity contribution in [2.24, 2.45) is 0 Å². The number of imidazole rings is 1. The summed E-state index contributed by atoms with van der Waals surface area (Å²) in [6.45, 7) is 11.8. The lowest BCUT2D eigenvalue weighted by Crippen LogP contribution is -2.39. The highest BCUT2D eigenvalue weighted by atomic mass is 31.2. The van der Waals surface area contributed by atoms with Gasteiger partial charge in [0.05, 0.1) is 12.9 Å². The topological polar surface area (TPSA) is 144 Å². The van der Waals surface area contributed by atoms with Crippen molar-refractivity contribution in [3.63, 3.8) is 0 Å². The summed E-state index contributed by atoms with van der Waals surface area (Å²) in [5.41, 5.74) is -0.191. The molecule has 0 aliphatic carbocycles. The average Bonchev–Trinajstić information content (AvgIpc) is 3.28. The van der Waals surface area contributed by atoms with Crippen LogP contribution < -0.4 is 10.9 Å². The maximum atomic E-state index is 12.5. The minimum atomic E-state index is -1.02. The Labute approximate surface area is 195 Å². The Bertz CT molecular complexity index is 1040. The van der Waals surface area contributed by atoms with Gasteiger partial charge in [-0.15, -0.1) is 0 Å². The number of hydrogen-bond acceptors (Lipinski definition) is 9. The molecule has 12 nitrogen and oxygen atoms in total. The van der Waals surface area contributed by atoms with Crippen LogP contribution in [0.15, 0.2) is 11.1 Å². The Balaban J connectivity index is 1.98. The van der Waals surface area contributed by atoms with Crippen molar-refractivity contribution in [2.45, 2.75) is 71.2 Å². The molecule has 0 spiro atoms. The number of nitrogens with zero attached hydrogens (tertiary/aromatic N) is 4. The molecule has 2 unspecified atom stereocenters. The van der Waals surface area contributed by atoms with Gasteiger partial charge in [0.2, 0.25) is 13.3 Å². The zero-order chi connectivity index (χ0) is 25.2. The summed E-state index contributed by atoms with van der Waals surface area (Å²) < 4.78 is 29.7. The van der Waals surface area contributed by atoms with E-state index in [-0.39, 0.29) is 41.7 Å². The van der Waals surface area contributed by atoms with E-state index in [0.29, 0.717) is 0 Å². The van der Waals surface area contributed by atoms with Gasteiger partial charge in [-0.25, -0.2) is 4.98 Å². The summed E-state index contributed by atoms with van der Waals surface area (Å²) in [4.78, 5) is 34.9. The van der Waals surface area contributed by atoms with Crippen LogP contribution in [0.2, 0.25) is 0 Å². The summed E-state index contributed by atoms with van der Waals surface area (Å²) in [6.07, 6.45) is -1.08. The van der Waals surface area contributed by atoms with Crippen LogP contribution in [0.4, 0.5) is 5.95 Å². The third-order valence-corrected chi connectivity index (χ3v) is 7.50. The largest absolute Gasteiger partial charge is 0.394 e. The van der Waals surface area contributed by atoms with Crippen molar-refractivity contribution in [3.8, 4) is 0 Å². The molecule has 1 aliphatic heterocycles. The molecule has 3 N–H and O–H groups in total. The number of ether oxygens (including phenoxy) is 2. The number of H-pyrrole nitrogens is 1. The number of aliphatic hydroxyl groups is 1. The lowest BCUT2D eigenvalue weighted by Gasteiger charge is -2.37. The molecule has 5 atom stereocenters. The van der Waals surface area contributed by atoms with Crippen molar-refractivity contribution in [3.05, 3.63) is 16.7 Å². The van der Waals surface area contributed by atoms with E-state index in [1.165, 1.54) is 13.3 Å². The average molecular weight is 486 g/mol. The SMILES string of the molecule is [2H]OC[C@H]1O[C@@H](n2cnc3c(=O)[nH]c(NC(C)=O)nc32)[C@@H](OC)C1OP(C)N(C(C)C)C(C)C. The van der Waals surface area contributed by atoms with E-state index < -0.39 is 38.4 Å². The van der Waals surface area contributed by atoms with Crippen molar-refractivity contribution in [2.75, 3.05) is 25.7 Å². The number of hydrogen-bond donors (Lipinski definition) is 3. The van der Waals surface area contributed by atoms with Crippen molar-refractivity contribution >= 4 is 31.3 Å². The summed E-state index contributed by atoms with van der Waals surface area (Å²) in [5.74, 6) is -0.378. The number of aromatic nitrogens is 4. The number of carbonyl (C=O) groups excluding carboxylic acids is 1. The zero-order valence-electron chi connectivity index (χ0n) is 20.9. The maximum Gasteiger partial charge on any atom is 0.280 e. The number of rotatable bonds is 10. The van der Waals surface area contributed by atoms with Crippen LogP contribution in [0.1, 0.15) is 40.8 Å². The molecular weight excluding hydrogens is 451 g/mol. The number of aromatic amines is 1. The van der Waals surface area contributed by atoms with Crippen molar-refractivity contribution in [1.29, 1.82) is 1.43 Å². The van der Waals surface area contributed by atoms with Crippen LogP contribution in [-0.2, 0) is 18.8 Å². The minimum absolute atomic E-state index is 0.000794. The van der Waals surface area contributed by atoms with Gasteiger partial charge in [-0.3, -0.25) is 29.1 Å². The Morgan fingerprint density at radius 1 is 1.42 bits per heavy atom. The number of aliphatic hydroxyl groups excluding tert-OH is 1. The van der Waals surface area contributed by atoms with Gasteiger partial charge in [-0.2, -0.15) is 4.98 Å². The third kappa shape index (κ3) is 5.26. The van der Waals surface area contributed by atoms with E-state index in [0.717, 1.165) is 0 Å². The molecule has 33 heavy (non-hydrogen) atoms. The molecule has 0 radical (unpaired) electrons. The molecule has 0 bridgehead atoms. The van der Waals surface area contributed by atoms with Gasteiger partial charge in [-0.1, -0.05) is 0 Å². The molecule has 1 fully saturated rings. The fourth-order valence-electron chi connectivity index (χ4n) is 4.26. The molecule has 1 amide bonds. The third-order valence-electron chi connectivity index (χ3n) is 5.38. The van der Waals surface area contributed by atoms with E-state index >= 15 is 0 Å². The predicted molar refractivity (Wildman–Crippen MR) is 124 cm³/mol. The first kappa shape index (κ1) is 24.2. The summed E-state index contributed by atoms with van der Waals surface area (Å²) in [7, 11) is 0.524. The van der Waals surface area contributed by atoms with Crippen LogP contribution in [0.3, 0.4) is 0 Å². The van der Waals surface area contributed by atoms with Gasteiger partial charge in [0.1, 0.15) is 26.6 Å². The summed E-state index contributed by atoms with van der Waals surface area (Å²) >= 11 is 0. The van der Waals surface area contributed by atoms with Gasteiger partial charge in [0, 0.05) is 26.1 Å². The Morgan fingerprint density at radius 3 is 2.70 bits per heavy atom.